The highest BCUT2D eigenvalue weighted by atomic mass is 16.6. The summed E-state index contributed by atoms with van der Waals surface area (Å²) < 4.78 is 4.99. The zero-order valence-corrected chi connectivity index (χ0v) is 9.74. The van der Waals surface area contributed by atoms with Crippen LogP contribution in [0.5, 0.6) is 5.75 Å². The Kier molecular flexibility index (Phi) is 2.62. The Bertz CT molecular complexity index is 594. The van der Waals surface area contributed by atoms with Crippen molar-refractivity contribution in [3.63, 3.8) is 0 Å². The van der Waals surface area contributed by atoms with Crippen molar-refractivity contribution in [3.8, 4) is 5.75 Å². The maximum atomic E-state index is 11.9. The van der Waals surface area contributed by atoms with Gasteiger partial charge in [-0.1, -0.05) is 12.1 Å². The fourth-order valence-corrected chi connectivity index (χ4v) is 2.06. The van der Waals surface area contributed by atoms with Crippen molar-refractivity contribution in [2.75, 3.05) is 0 Å². The number of ether oxygens (including phenoxy) is 1. The lowest BCUT2D eigenvalue weighted by atomic mass is 10.0. The van der Waals surface area contributed by atoms with Crippen LogP contribution in [0.25, 0.3) is 0 Å². The Morgan fingerprint density at radius 3 is 2.79 bits per heavy atom. The van der Waals surface area contributed by atoms with Crippen LogP contribution in [0.15, 0.2) is 36.0 Å². The molecule has 98 valence electrons. The standard InChI is InChI=1S/C13H11NO5/c15-8-4-2-1-3-6(8)13(18)14-7-5-9(16)11-12(19-11)10(7)17/h1-5,10-12,15,17H,(H,14,18)/t10-,11+,12-/m0/s1. The summed E-state index contributed by atoms with van der Waals surface area (Å²) in [6.45, 7) is 0. The Morgan fingerprint density at radius 1 is 1.32 bits per heavy atom. The molecule has 0 saturated carbocycles. The molecule has 0 bridgehead atoms. The van der Waals surface area contributed by atoms with Gasteiger partial charge in [-0.25, -0.2) is 0 Å². The van der Waals surface area contributed by atoms with E-state index in [0.29, 0.717) is 0 Å². The van der Waals surface area contributed by atoms with Crippen LogP contribution in [-0.2, 0) is 9.53 Å². The van der Waals surface area contributed by atoms with Crippen molar-refractivity contribution in [1.29, 1.82) is 0 Å². The normalized spacial score (nSPS) is 28.4. The molecule has 3 atom stereocenters. The molecule has 0 spiro atoms. The molecule has 1 saturated heterocycles. The lowest BCUT2D eigenvalue weighted by Gasteiger charge is -2.17. The van der Waals surface area contributed by atoms with Crippen LogP contribution in [0.2, 0.25) is 0 Å². The second-order valence-electron chi connectivity index (χ2n) is 4.44. The van der Waals surface area contributed by atoms with E-state index >= 15 is 0 Å². The number of phenols is 1. The fourth-order valence-electron chi connectivity index (χ4n) is 2.06. The number of aromatic hydroxyl groups is 1. The summed E-state index contributed by atoms with van der Waals surface area (Å²) in [4.78, 5) is 23.4. The van der Waals surface area contributed by atoms with E-state index in [2.05, 4.69) is 5.32 Å². The van der Waals surface area contributed by atoms with Crippen LogP contribution >= 0.6 is 0 Å². The number of carbonyl (C=O) groups is 2. The van der Waals surface area contributed by atoms with Crippen LogP contribution in [0.3, 0.4) is 0 Å². The number of carbonyl (C=O) groups excluding carboxylic acids is 2. The molecule has 19 heavy (non-hydrogen) atoms. The van der Waals surface area contributed by atoms with Gasteiger partial charge in [0.2, 0.25) is 0 Å². The lowest BCUT2D eigenvalue weighted by Crippen LogP contribution is -2.37. The molecule has 3 rings (SSSR count). The van der Waals surface area contributed by atoms with Crippen LogP contribution in [0.4, 0.5) is 0 Å². The van der Waals surface area contributed by atoms with Gasteiger partial charge in [0.1, 0.15) is 24.1 Å². The van der Waals surface area contributed by atoms with E-state index in [0.717, 1.165) is 6.08 Å². The number of aliphatic hydroxyl groups excluding tert-OH is 1. The fraction of sp³-hybridized carbons (Fsp3) is 0.231. The average Bonchev–Trinajstić information content (AvgIpc) is 3.17. The predicted octanol–water partition coefficient (Wildman–Crippen LogP) is -0.283. The summed E-state index contributed by atoms with van der Waals surface area (Å²) in [5.41, 5.74) is 0.166. The highest BCUT2D eigenvalue weighted by Gasteiger charge is 2.53. The van der Waals surface area contributed by atoms with Gasteiger partial charge in [0.25, 0.3) is 5.91 Å². The number of hydrogen-bond acceptors (Lipinski definition) is 5. The third kappa shape index (κ3) is 2.00. The Balaban J connectivity index is 1.80. The number of benzene rings is 1. The molecule has 3 N–H and O–H groups in total. The highest BCUT2D eigenvalue weighted by Crippen LogP contribution is 2.33. The van der Waals surface area contributed by atoms with E-state index in [1.807, 2.05) is 0 Å². The molecule has 6 heteroatoms. The molecule has 1 heterocycles. The first-order chi connectivity index (χ1) is 9.08. The zero-order valence-electron chi connectivity index (χ0n) is 9.74. The van der Waals surface area contributed by atoms with Crippen molar-refractivity contribution >= 4 is 11.7 Å². The van der Waals surface area contributed by atoms with Gasteiger partial charge >= 0.3 is 0 Å². The largest absolute Gasteiger partial charge is 0.507 e. The molecular weight excluding hydrogens is 250 g/mol. The first-order valence-corrected chi connectivity index (χ1v) is 5.76. The Labute approximate surface area is 108 Å². The number of hydrogen-bond donors (Lipinski definition) is 3. The van der Waals surface area contributed by atoms with Crippen molar-refractivity contribution in [1.82, 2.24) is 5.32 Å². The van der Waals surface area contributed by atoms with Gasteiger partial charge in [0, 0.05) is 6.08 Å². The molecule has 1 aromatic carbocycles. The van der Waals surface area contributed by atoms with E-state index < -0.39 is 24.2 Å². The summed E-state index contributed by atoms with van der Waals surface area (Å²) in [7, 11) is 0. The number of para-hydroxylation sites is 1. The second-order valence-corrected chi connectivity index (χ2v) is 4.44. The molecule has 1 amide bonds. The van der Waals surface area contributed by atoms with Crippen LogP contribution in [0.1, 0.15) is 10.4 Å². The molecule has 1 fully saturated rings. The number of nitrogens with one attached hydrogen (secondary N) is 1. The van der Waals surface area contributed by atoms with E-state index in [1.54, 1.807) is 12.1 Å². The predicted molar refractivity (Wildman–Crippen MR) is 63.3 cm³/mol. The van der Waals surface area contributed by atoms with Gasteiger partial charge < -0.3 is 20.3 Å². The minimum atomic E-state index is -1.03. The quantitative estimate of drug-likeness (QED) is 0.636. The monoisotopic (exact) mass is 261 g/mol. The van der Waals surface area contributed by atoms with Crippen molar-refractivity contribution in [2.45, 2.75) is 18.3 Å². The van der Waals surface area contributed by atoms with E-state index in [-0.39, 0.29) is 22.8 Å². The molecule has 0 radical (unpaired) electrons. The molecule has 1 aliphatic carbocycles. The first-order valence-electron chi connectivity index (χ1n) is 5.76. The lowest BCUT2D eigenvalue weighted by molar-refractivity contribution is -0.116. The van der Waals surface area contributed by atoms with E-state index in [1.165, 1.54) is 12.1 Å². The number of aliphatic hydroxyl groups is 1. The SMILES string of the molecule is O=C(NC1=CC(=O)[C@H]2O[C@H]2[C@H]1O)c1ccccc1O. The molecule has 2 aliphatic rings. The first kappa shape index (κ1) is 11.9. The van der Waals surface area contributed by atoms with Gasteiger partial charge in [0.15, 0.2) is 5.78 Å². The average molecular weight is 261 g/mol. The number of phenolic OH excluding ortho intramolecular Hbond substituents is 1. The van der Waals surface area contributed by atoms with Crippen molar-refractivity contribution < 1.29 is 24.5 Å². The summed E-state index contributed by atoms with van der Waals surface area (Å²) in [6.07, 6.45) is -1.02. The van der Waals surface area contributed by atoms with Crippen LogP contribution < -0.4 is 5.32 Å². The summed E-state index contributed by atoms with van der Waals surface area (Å²) in [6, 6.07) is 6.02. The number of amides is 1. The molecule has 0 aromatic heterocycles. The summed E-state index contributed by atoms with van der Waals surface area (Å²) in [5, 5.41) is 21.8. The summed E-state index contributed by atoms with van der Waals surface area (Å²) >= 11 is 0. The Morgan fingerprint density at radius 2 is 2.05 bits per heavy atom. The van der Waals surface area contributed by atoms with Crippen LogP contribution in [-0.4, -0.2) is 40.2 Å². The third-order valence-electron chi connectivity index (χ3n) is 3.14. The van der Waals surface area contributed by atoms with Gasteiger partial charge in [-0.15, -0.1) is 0 Å². The van der Waals surface area contributed by atoms with E-state index in [9.17, 15) is 19.8 Å². The maximum absolute atomic E-state index is 11.9. The van der Waals surface area contributed by atoms with Crippen molar-refractivity contribution in [3.05, 3.63) is 41.6 Å². The van der Waals surface area contributed by atoms with Crippen LogP contribution in [0, 0.1) is 0 Å². The van der Waals surface area contributed by atoms with Crippen molar-refractivity contribution in [2.24, 2.45) is 0 Å². The topological polar surface area (TPSA) is 99.2 Å². The molecular formula is C13H11NO5. The minimum absolute atomic E-state index is 0.0712. The third-order valence-corrected chi connectivity index (χ3v) is 3.14. The second kappa shape index (κ2) is 4.18. The molecule has 1 aromatic rings. The zero-order chi connectivity index (χ0) is 13.6. The van der Waals surface area contributed by atoms with Gasteiger partial charge in [-0.2, -0.15) is 0 Å². The Hall–Kier alpha value is -2.18. The summed E-state index contributed by atoms with van der Waals surface area (Å²) in [5.74, 6) is -1.03. The minimum Gasteiger partial charge on any atom is -0.507 e. The number of fused-ring (bicyclic) bond motifs is 1. The number of rotatable bonds is 2. The van der Waals surface area contributed by atoms with Gasteiger partial charge in [0.05, 0.1) is 11.3 Å². The molecule has 6 nitrogen and oxygen atoms in total. The maximum Gasteiger partial charge on any atom is 0.259 e. The smallest absolute Gasteiger partial charge is 0.259 e. The number of epoxide rings is 1. The highest BCUT2D eigenvalue weighted by molar-refractivity contribution is 6.01. The molecule has 1 aliphatic heterocycles. The number of ketones is 1. The van der Waals surface area contributed by atoms with Gasteiger partial charge in [-0.05, 0) is 12.1 Å². The van der Waals surface area contributed by atoms with Gasteiger partial charge in [-0.3, -0.25) is 9.59 Å². The molecule has 0 unspecified atom stereocenters. The van der Waals surface area contributed by atoms with E-state index in [4.69, 9.17) is 4.74 Å².